The summed E-state index contributed by atoms with van der Waals surface area (Å²) >= 11 is 8.75. The van der Waals surface area contributed by atoms with Gasteiger partial charge in [0, 0.05) is 17.8 Å². The topological polar surface area (TPSA) is 12.4 Å². The molecule has 1 aliphatic rings. The summed E-state index contributed by atoms with van der Waals surface area (Å²) in [6.07, 6.45) is 8.91. The van der Waals surface area contributed by atoms with E-state index in [9.17, 15) is 0 Å². The summed E-state index contributed by atoms with van der Waals surface area (Å²) < 4.78 is 2.31. The minimum atomic E-state index is 0.459. The van der Waals surface area contributed by atoms with Crippen LogP contribution in [0.3, 0.4) is 0 Å². The standard InChI is InChI=1S/C13H17Br2NS/c1-9(10-5-3-2-4-6-10)16-8-11-7-12(14)17-13(11)15/h7-10H,2-6H2,1H3/t9-/m0/s1. The van der Waals surface area contributed by atoms with Crippen LogP contribution in [0.25, 0.3) is 0 Å². The minimum absolute atomic E-state index is 0.459. The van der Waals surface area contributed by atoms with Gasteiger partial charge in [-0.2, -0.15) is 0 Å². The van der Waals surface area contributed by atoms with Crippen LogP contribution in [0.15, 0.2) is 18.6 Å². The van der Waals surface area contributed by atoms with Crippen LogP contribution < -0.4 is 0 Å². The Hall–Kier alpha value is 0.330. The first-order valence-electron chi connectivity index (χ1n) is 6.15. The smallest absolute Gasteiger partial charge is 0.0798 e. The van der Waals surface area contributed by atoms with Crippen molar-refractivity contribution in [1.29, 1.82) is 0 Å². The van der Waals surface area contributed by atoms with E-state index in [0.717, 1.165) is 13.5 Å². The first-order valence-corrected chi connectivity index (χ1v) is 8.55. The molecule has 2 rings (SSSR count). The number of hydrogen-bond acceptors (Lipinski definition) is 2. The number of aliphatic imine (C=N–C) groups is 1. The van der Waals surface area contributed by atoms with E-state index < -0.39 is 0 Å². The van der Waals surface area contributed by atoms with E-state index in [-0.39, 0.29) is 0 Å². The predicted octanol–water partition coefficient (Wildman–Crippen LogP) is 5.66. The monoisotopic (exact) mass is 377 g/mol. The van der Waals surface area contributed by atoms with Crippen LogP contribution in [0, 0.1) is 5.92 Å². The molecule has 1 atom stereocenters. The van der Waals surface area contributed by atoms with Crippen LogP contribution >= 0.6 is 43.2 Å². The lowest BCUT2D eigenvalue weighted by atomic mass is 9.85. The van der Waals surface area contributed by atoms with Crippen LogP contribution in [-0.4, -0.2) is 12.3 Å². The Morgan fingerprint density at radius 1 is 1.35 bits per heavy atom. The number of nitrogens with zero attached hydrogens (tertiary/aromatic N) is 1. The first kappa shape index (κ1) is 13.8. The quantitative estimate of drug-likeness (QED) is 0.601. The zero-order valence-corrected chi connectivity index (χ0v) is 13.9. The van der Waals surface area contributed by atoms with Crippen LogP contribution in [-0.2, 0) is 0 Å². The molecule has 0 saturated heterocycles. The predicted molar refractivity (Wildman–Crippen MR) is 83.4 cm³/mol. The van der Waals surface area contributed by atoms with Crippen molar-refractivity contribution in [2.75, 3.05) is 0 Å². The summed E-state index contributed by atoms with van der Waals surface area (Å²) in [4.78, 5) is 4.72. The Labute approximate surface area is 124 Å². The highest BCUT2D eigenvalue weighted by atomic mass is 79.9. The molecule has 0 bridgehead atoms. The van der Waals surface area contributed by atoms with E-state index in [0.29, 0.717) is 6.04 Å². The molecule has 94 valence electrons. The largest absolute Gasteiger partial charge is 0.289 e. The molecule has 0 unspecified atom stereocenters. The van der Waals surface area contributed by atoms with Gasteiger partial charge in [-0.1, -0.05) is 19.3 Å². The Bertz CT molecular complexity index is 394. The van der Waals surface area contributed by atoms with E-state index >= 15 is 0 Å². The molecule has 4 heteroatoms. The molecule has 1 aliphatic carbocycles. The van der Waals surface area contributed by atoms with Gasteiger partial charge in [-0.25, -0.2) is 0 Å². The maximum Gasteiger partial charge on any atom is 0.0798 e. The lowest BCUT2D eigenvalue weighted by Gasteiger charge is -2.24. The fraction of sp³-hybridized carbons (Fsp3) is 0.615. The third kappa shape index (κ3) is 3.90. The summed E-state index contributed by atoms with van der Waals surface area (Å²) in [6, 6.07) is 2.58. The Kier molecular flexibility index (Phi) is 5.25. The normalized spacial score (nSPS) is 19.9. The molecule has 1 aromatic heterocycles. The van der Waals surface area contributed by atoms with E-state index in [1.165, 1.54) is 37.7 Å². The van der Waals surface area contributed by atoms with E-state index in [4.69, 9.17) is 4.99 Å². The number of hydrogen-bond donors (Lipinski definition) is 0. The zero-order valence-electron chi connectivity index (χ0n) is 9.96. The average Bonchev–Trinajstić information content (AvgIpc) is 2.66. The van der Waals surface area contributed by atoms with E-state index in [2.05, 4.69) is 44.8 Å². The van der Waals surface area contributed by atoms with E-state index in [1.807, 2.05) is 6.21 Å². The van der Waals surface area contributed by atoms with Crippen molar-refractivity contribution in [2.45, 2.75) is 45.1 Å². The Balaban J connectivity index is 1.97. The SMILES string of the molecule is C[C@H](N=Cc1cc(Br)sc1Br)C1CCCCC1. The van der Waals surface area contributed by atoms with Crippen molar-refractivity contribution >= 4 is 49.4 Å². The van der Waals surface area contributed by atoms with Crippen molar-refractivity contribution < 1.29 is 0 Å². The van der Waals surface area contributed by atoms with Gasteiger partial charge < -0.3 is 0 Å². The third-order valence-corrected chi connectivity index (χ3v) is 5.85. The summed E-state index contributed by atoms with van der Waals surface area (Å²) in [7, 11) is 0. The molecular formula is C13H17Br2NS. The van der Waals surface area contributed by atoms with Crippen LogP contribution in [0.1, 0.15) is 44.6 Å². The highest BCUT2D eigenvalue weighted by Crippen LogP contribution is 2.31. The van der Waals surface area contributed by atoms with Gasteiger partial charge in [0.15, 0.2) is 0 Å². The Morgan fingerprint density at radius 3 is 2.65 bits per heavy atom. The molecule has 1 saturated carbocycles. The maximum absolute atomic E-state index is 4.72. The molecule has 0 N–H and O–H groups in total. The average molecular weight is 379 g/mol. The lowest BCUT2D eigenvalue weighted by molar-refractivity contribution is 0.318. The second-order valence-electron chi connectivity index (χ2n) is 4.70. The molecule has 1 heterocycles. The van der Waals surface area contributed by atoms with Crippen molar-refractivity contribution in [3.8, 4) is 0 Å². The zero-order chi connectivity index (χ0) is 12.3. The number of halogens is 2. The summed E-state index contributed by atoms with van der Waals surface area (Å²) in [5.74, 6) is 0.792. The lowest BCUT2D eigenvalue weighted by Crippen LogP contribution is -2.18. The summed E-state index contributed by atoms with van der Waals surface area (Å²) in [5.41, 5.74) is 1.18. The maximum atomic E-state index is 4.72. The van der Waals surface area contributed by atoms with Crippen molar-refractivity contribution in [3.63, 3.8) is 0 Å². The molecule has 0 amide bonds. The third-order valence-electron chi connectivity index (χ3n) is 3.46. The number of rotatable bonds is 3. The fourth-order valence-electron chi connectivity index (χ4n) is 2.38. The Morgan fingerprint density at radius 2 is 2.06 bits per heavy atom. The molecule has 0 aromatic carbocycles. The summed E-state index contributed by atoms with van der Waals surface area (Å²) in [5, 5.41) is 0. The molecule has 1 fully saturated rings. The molecular weight excluding hydrogens is 362 g/mol. The van der Waals surface area contributed by atoms with Crippen LogP contribution in [0.5, 0.6) is 0 Å². The second kappa shape index (κ2) is 6.48. The molecule has 0 radical (unpaired) electrons. The van der Waals surface area contributed by atoms with Gasteiger partial charge in [0.1, 0.15) is 0 Å². The highest BCUT2D eigenvalue weighted by molar-refractivity contribution is 9.12. The van der Waals surface area contributed by atoms with Crippen molar-refractivity contribution in [1.82, 2.24) is 0 Å². The molecule has 1 aromatic rings. The molecule has 0 aliphatic heterocycles. The molecule has 1 nitrogen and oxygen atoms in total. The molecule has 17 heavy (non-hydrogen) atoms. The fourth-order valence-corrected chi connectivity index (χ4v) is 5.09. The van der Waals surface area contributed by atoms with Gasteiger partial charge >= 0.3 is 0 Å². The summed E-state index contributed by atoms with van der Waals surface area (Å²) in [6.45, 7) is 2.25. The van der Waals surface area contributed by atoms with Crippen molar-refractivity contribution in [2.24, 2.45) is 10.9 Å². The van der Waals surface area contributed by atoms with Gasteiger partial charge in [0.2, 0.25) is 0 Å². The minimum Gasteiger partial charge on any atom is -0.289 e. The van der Waals surface area contributed by atoms with Crippen LogP contribution in [0.4, 0.5) is 0 Å². The van der Waals surface area contributed by atoms with Gasteiger partial charge in [-0.05, 0) is 63.6 Å². The second-order valence-corrected chi connectivity index (χ2v) is 8.45. The van der Waals surface area contributed by atoms with Gasteiger partial charge in [0.25, 0.3) is 0 Å². The van der Waals surface area contributed by atoms with Gasteiger partial charge in [0.05, 0.1) is 7.57 Å². The molecule has 0 spiro atoms. The van der Waals surface area contributed by atoms with Gasteiger partial charge in [-0.3, -0.25) is 4.99 Å². The number of thiophene rings is 1. The van der Waals surface area contributed by atoms with Crippen molar-refractivity contribution in [3.05, 3.63) is 19.2 Å². The first-order chi connectivity index (χ1) is 8.16. The highest BCUT2D eigenvalue weighted by Gasteiger charge is 2.18. The van der Waals surface area contributed by atoms with Crippen LogP contribution in [0.2, 0.25) is 0 Å². The van der Waals surface area contributed by atoms with E-state index in [1.54, 1.807) is 11.3 Å². The van der Waals surface area contributed by atoms with Gasteiger partial charge in [-0.15, -0.1) is 11.3 Å².